The SMILES string of the molecule is COc1ncnc2c1CN(CCN1CCCC1=O)CC2. The van der Waals surface area contributed by atoms with Crippen molar-refractivity contribution >= 4 is 5.91 Å². The molecule has 1 fully saturated rings. The first-order valence-electron chi connectivity index (χ1n) is 7.15. The number of nitrogens with zero attached hydrogens (tertiary/aromatic N) is 4. The molecule has 0 unspecified atom stereocenters. The van der Waals surface area contributed by atoms with Gasteiger partial charge in [0.05, 0.1) is 12.8 Å². The summed E-state index contributed by atoms with van der Waals surface area (Å²) in [6.45, 7) is 4.43. The molecule has 0 N–H and O–H groups in total. The average Bonchev–Trinajstić information content (AvgIpc) is 2.89. The Balaban J connectivity index is 1.62. The van der Waals surface area contributed by atoms with Gasteiger partial charge in [-0.15, -0.1) is 0 Å². The number of ether oxygens (including phenoxy) is 1. The Hall–Kier alpha value is -1.69. The van der Waals surface area contributed by atoms with Gasteiger partial charge in [-0.25, -0.2) is 9.97 Å². The van der Waals surface area contributed by atoms with Gasteiger partial charge in [-0.1, -0.05) is 0 Å². The van der Waals surface area contributed by atoms with Crippen LogP contribution in [0.1, 0.15) is 24.1 Å². The number of hydrogen-bond acceptors (Lipinski definition) is 5. The third-order valence-corrected chi connectivity index (χ3v) is 4.09. The summed E-state index contributed by atoms with van der Waals surface area (Å²) in [7, 11) is 1.64. The molecule has 20 heavy (non-hydrogen) atoms. The lowest BCUT2D eigenvalue weighted by atomic mass is 10.1. The molecule has 1 amide bonds. The lowest BCUT2D eigenvalue weighted by Gasteiger charge is -2.30. The number of aromatic nitrogens is 2. The Morgan fingerprint density at radius 3 is 2.90 bits per heavy atom. The summed E-state index contributed by atoms with van der Waals surface area (Å²) < 4.78 is 5.31. The molecule has 0 atom stereocenters. The Kier molecular flexibility index (Phi) is 3.82. The van der Waals surface area contributed by atoms with E-state index in [2.05, 4.69) is 14.9 Å². The van der Waals surface area contributed by atoms with E-state index in [-0.39, 0.29) is 0 Å². The third-order valence-electron chi connectivity index (χ3n) is 4.09. The van der Waals surface area contributed by atoms with Crippen LogP contribution in [0.15, 0.2) is 6.33 Å². The maximum Gasteiger partial charge on any atom is 0.222 e. The number of amides is 1. The number of rotatable bonds is 4. The molecule has 2 aliphatic heterocycles. The highest BCUT2D eigenvalue weighted by atomic mass is 16.5. The first-order chi connectivity index (χ1) is 9.78. The summed E-state index contributed by atoms with van der Waals surface area (Å²) in [6, 6.07) is 0. The van der Waals surface area contributed by atoms with Crippen molar-refractivity contribution in [3.63, 3.8) is 0 Å². The van der Waals surface area contributed by atoms with E-state index in [9.17, 15) is 4.79 Å². The van der Waals surface area contributed by atoms with Crippen molar-refractivity contribution in [3.8, 4) is 5.88 Å². The number of carbonyl (C=O) groups excluding carboxylic acids is 1. The monoisotopic (exact) mass is 276 g/mol. The summed E-state index contributed by atoms with van der Waals surface area (Å²) in [6.07, 6.45) is 4.20. The van der Waals surface area contributed by atoms with E-state index >= 15 is 0 Å². The summed E-state index contributed by atoms with van der Waals surface area (Å²) >= 11 is 0. The van der Waals surface area contributed by atoms with Gasteiger partial charge >= 0.3 is 0 Å². The Labute approximate surface area is 118 Å². The first kappa shape index (κ1) is 13.3. The number of carbonyl (C=O) groups is 1. The standard InChI is InChI=1S/C14H20N4O2/c1-20-14-11-9-17(6-4-12(11)15-10-16-14)7-8-18-5-2-3-13(18)19/h10H,2-9H2,1H3. The lowest BCUT2D eigenvalue weighted by molar-refractivity contribution is -0.127. The fraction of sp³-hybridized carbons (Fsp3) is 0.643. The molecule has 0 radical (unpaired) electrons. The van der Waals surface area contributed by atoms with E-state index in [4.69, 9.17) is 4.74 Å². The summed E-state index contributed by atoms with van der Waals surface area (Å²) in [5.41, 5.74) is 2.18. The normalized spacial score (nSPS) is 19.2. The van der Waals surface area contributed by atoms with E-state index in [0.717, 1.165) is 56.8 Å². The highest BCUT2D eigenvalue weighted by Crippen LogP contribution is 2.24. The minimum atomic E-state index is 0.295. The van der Waals surface area contributed by atoms with Crippen molar-refractivity contribution in [2.24, 2.45) is 0 Å². The van der Waals surface area contributed by atoms with Crippen LogP contribution in [0, 0.1) is 0 Å². The smallest absolute Gasteiger partial charge is 0.222 e. The van der Waals surface area contributed by atoms with Crippen molar-refractivity contribution in [1.82, 2.24) is 19.8 Å². The zero-order chi connectivity index (χ0) is 13.9. The molecule has 0 spiro atoms. The Morgan fingerprint density at radius 2 is 2.15 bits per heavy atom. The van der Waals surface area contributed by atoms with Gasteiger partial charge in [0, 0.05) is 51.1 Å². The van der Waals surface area contributed by atoms with Crippen molar-refractivity contribution in [2.45, 2.75) is 25.8 Å². The van der Waals surface area contributed by atoms with Crippen LogP contribution < -0.4 is 4.74 Å². The van der Waals surface area contributed by atoms with Crippen LogP contribution in [0.2, 0.25) is 0 Å². The molecule has 6 nitrogen and oxygen atoms in total. The van der Waals surface area contributed by atoms with Gasteiger partial charge in [-0.3, -0.25) is 9.69 Å². The highest BCUT2D eigenvalue weighted by Gasteiger charge is 2.24. The highest BCUT2D eigenvalue weighted by molar-refractivity contribution is 5.78. The van der Waals surface area contributed by atoms with Gasteiger partial charge in [-0.05, 0) is 6.42 Å². The van der Waals surface area contributed by atoms with E-state index in [1.165, 1.54) is 0 Å². The summed E-state index contributed by atoms with van der Waals surface area (Å²) in [4.78, 5) is 24.4. The van der Waals surface area contributed by atoms with E-state index in [1.54, 1.807) is 13.4 Å². The quantitative estimate of drug-likeness (QED) is 0.800. The lowest BCUT2D eigenvalue weighted by Crippen LogP contribution is -2.38. The molecule has 108 valence electrons. The molecule has 6 heteroatoms. The second-order valence-electron chi connectivity index (χ2n) is 5.32. The molecule has 1 aromatic rings. The predicted molar refractivity (Wildman–Crippen MR) is 73.4 cm³/mol. The van der Waals surface area contributed by atoms with Crippen LogP contribution in [0.5, 0.6) is 5.88 Å². The number of hydrogen-bond donors (Lipinski definition) is 0. The van der Waals surface area contributed by atoms with Gasteiger partial charge in [0.2, 0.25) is 11.8 Å². The minimum Gasteiger partial charge on any atom is -0.481 e. The molecule has 0 aromatic carbocycles. The van der Waals surface area contributed by atoms with Crippen molar-refractivity contribution < 1.29 is 9.53 Å². The molecular formula is C14H20N4O2. The second-order valence-corrected chi connectivity index (χ2v) is 5.32. The van der Waals surface area contributed by atoms with Gasteiger partial charge in [0.15, 0.2) is 0 Å². The number of likely N-dealkylation sites (tertiary alicyclic amines) is 1. The molecule has 0 saturated carbocycles. The Morgan fingerprint density at radius 1 is 1.25 bits per heavy atom. The molecule has 0 bridgehead atoms. The van der Waals surface area contributed by atoms with Crippen LogP contribution in [0.4, 0.5) is 0 Å². The van der Waals surface area contributed by atoms with Gasteiger partial charge in [0.25, 0.3) is 0 Å². The van der Waals surface area contributed by atoms with E-state index < -0.39 is 0 Å². The molecule has 0 aliphatic carbocycles. The summed E-state index contributed by atoms with van der Waals surface area (Å²) in [5.74, 6) is 0.972. The minimum absolute atomic E-state index is 0.295. The van der Waals surface area contributed by atoms with Crippen LogP contribution >= 0.6 is 0 Å². The topological polar surface area (TPSA) is 58.6 Å². The number of methoxy groups -OCH3 is 1. The maximum atomic E-state index is 11.6. The van der Waals surface area contributed by atoms with Crippen molar-refractivity contribution in [2.75, 3.05) is 33.3 Å². The molecule has 3 heterocycles. The van der Waals surface area contributed by atoms with Crippen LogP contribution in [0.3, 0.4) is 0 Å². The Bertz CT molecular complexity index is 492. The molecular weight excluding hydrogens is 256 g/mol. The van der Waals surface area contributed by atoms with E-state index in [0.29, 0.717) is 18.2 Å². The predicted octanol–water partition coefficient (Wildman–Crippen LogP) is 0.466. The molecule has 1 aromatic heterocycles. The number of fused-ring (bicyclic) bond motifs is 1. The average molecular weight is 276 g/mol. The van der Waals surface area contributed by atoms with Gasteiger partial charge < -0.3 is 9.64 Å². The summed E-state index contributed by atoms with van der Waals surface area (Å²) in [5, 5.41) is 0. The maximum absolute atomic E-state index is 11.6. The fourth-order valence-electron chi connectivity index (χ4n) is 2.94. The first-order valence-corrected chi connectivity index (χ1v) is 7.15. The van der Waals surface area contributed by atoms with Crippen molar-refractivity contribution in [3.05, 3.63) is 17.6 Å². The van der Waals surface area contributed by atoms with Crippen LogP contribution in [-0.2, 0) is 17.8 Å². The van der Waals surface area contributed by atoms with Crippen LogP contribution in [-0.4, -0.2) is 59.0 Å². The van der Waals surface area contributed by atoms with Crippen molar-refractivity contribution in [1.29, 1.82) is 0 Å². The fourth-order valence-corrected chi connectivity index (χ4v) is 2.94. The van der Waals surface area contributed by atoms with Gasteiger partial charge in [-0.2, -0.15) is 0 Å². The zero-order valence-electron chi connectivity index (χ0n) is 11.8. The molecule has 3 rings (SSSR count). The molecule has 2 aliphatic rings. The zero-order valence-corrected chi connectivity index (χ0v) is 11.8. The van der Waals surface area contributed by atoms with Crippen LogP contribution in [0.25, 0.3) is 0 Å². The largest absolute Gasteiger partial charge is 0.481 e. The second kappa shape index (κ2) is 5.75. The third kappa shape index (κ3) is 2.60. The van der Waals surface area contributed by atoms with E-state index in [1.807, 2.05) is 4.90 Å². The molecule has 1 saturated heterocycles. The van der Waals surface area contributed by atoms with Gasteiger partial charge in [0.1, 0.15) is 6.33 Å².